The number of rotatable bonds is 6. The molecule has 0 heterocycles. The summed E-state index contributed by atoms with van der Waals surface area (Å²) in [5.74, 6) is -1.45. The summed E-state index contributed by atoms with van der Waals surface area (Å²) in [6.07, 6.45) is 3.50. The van der Waals surface area contributed by atoms with E-state index in [1.807, 2.05) is 6.07 Å². The summed E-state index contributed by atoms with van der Waals surface area (Å²) in [5.41, 5.74) is 0.173. The molecule has 0 aromatic heterocycles. The van der Waals surface area contributed by atoms with Crippen LogP contribution in [0.4, 0.5) is 5.69 Å². The molecule has 140 valence electrons. The molecule has 7 heteroatoms. The Hall–Kier alpha value is -3.22. The average Bonchev–Trinajstić information content (AvgIpc) is 3.19. The highest BCUT2D eigenvalue weighted by molar-refractivity contribution is 5.98. The topological polar surface area (TPSA) is 95.7 Å². The first-order valence-electron chi connectivity index (χ1n) is 8.75. The lowest BCUT2D eigenvalue weighted by molar-refractivity contribution is -0.385. The zero-order valence-electron chi connectivity index (χ0n) is 14.6. The van der Waals surface area contributed by atoms with Gasteiger partial charge in [0.15, 0.2) is 0 Å². The molecule has 27 heavy (non-hydrogen) atoms. The molecule has 1 aliphatic rings. The number of nitro benzene ring substituents is 1. The van der Waals surface area contributed by atoms with Gasteiger partial charge in [0.05, 0.1) is 10.5 Å². The van der Waals surface area contributed by atoms with Gasteiger partial charge in [-0.1, -0.05) is 30.3 Å². The van der Waals surface area contributed by atoms with Crippen molar-refractivity contribution in [3.63, 3.8) is 0 Å². The first kappa shape index (κ1) is 18.6. The van der Waals surface area contributed by atoms with Crippen LogP contribution in [0, 0.1) is 10.1 Å². The zero-order valence-corrected chi connectivity index (χ0v) is 14.6. The predicted molar refractivity (Wildman–Crippen MR) is 96.3 cm³/mol. The molecule has 1 aliphatic carbocycles. The van der Waals surface area contributed by atoms with Crippen molar-refractivity contribution in [2.24, 2.45) is 0 Å². The van der Waals surface area contributed by atoms with Crippen LogP contribution in [0.5, 0.6) is 0 Å². The minimum atomic E-state index is -0.860. The normalized spacial score (nSPS) is 13.9. The molecule has 1 fully saturated rings. The maximum Gasteiger partial charge on any atom is 0.345 e. The van der Waals surface area contributed by atoms with Crippen LogP contribution in [0.15, 0.2) is 48.5 Å². The fraction of sp³-hybridized carbons (Fsp3) is 0.300. The van der Waals surface area contributed by atoms with Crippen LogP contribution in [0.2, 0.25) is 0 Å². The summed E-state index contributed by atoms with van der Waals surface area (Å²) in [6.45, 7) is -0.0203. The van der Waals surface area contributed by atoms with Crippen LogP contribution in [0.25, 0.3) is 0 Å². The lowest BCUT2D eigenvalue weighted by atomic mass is 10.1. The molecule has 0 radical (unpaired) electrons. The van der Waals surface area contributed by atoms with Gasteiger partial charge in [0, 0.05) is 6.07 Å². The Morgan fingerprint density at radius 3 is 2.41 bits per heavy atom. The van der Waals surface area contributed by atoms with Crippen LogP contribution in [0.1, 0.15) is 52.0 Å². The number of nitro groups is 1. The van der Waals surface area contributed by atoms with E-state index in [4.69, 9.17) is 9.47 Å². The van der Waals surface area contributed by atoms with Crippen LogP contribution in [0.3, 0.4) is 0 Å². The minimum absolute atomic E-state index is 0.0203. The summed E-state index contributed by atoms with van der Waals surface area (Å²) in [6, 6.07) is 12.6. The Kier molecular flexibility index (Phi) is 5.80. The summed E-state index contributed by atoms with van der Waals surface area (Å²) in [7, 11) is 0. The minimum Gasteiger partial charge on any atom is -0.459 e. The van der Waals surface area contributed by atoms with E-state index in [1.165, 1.54) is 12.1 Å². The molecular weight excluding hydrogens is 350 g/mol. The quantitative estimate of drug-likeness (QED) is 0.433. The lowest BCUT2D eigenvalue weighted by Crippen LogP contribution is -2.16. The van der Waals surface area contributed by atoms with Crippen molar-refractivity contribution in [2.75, 3.05) is 0 Å². The highest BCUT2D eigenvalue weighted by atomic mass is 16.6. The number of hydrogen-bond donors (Lipinski definition) is 0. The maximum atomic E-state index is 12.4. The fourth-order valence-electron chi connectivity index (χ4n) is 3.01. The number of carbonyl (C=O) groups is 2. The molecule has 2 aromatic carbocycles. The van der Waals surface area contributed by atoms with Crippen LogP contribution < -0.4 is 0 Å². The van der Waals surface area contributed by atoms with E-state index in [2.05, 4.69) is 0 Å². The number of esters is 2. The van der Waals surface area contributed by atoms with Crippen molar-refractivity contribution in [3.05, 3.63) is 75.3 Å². The third kappa shape index (κ3) is 4.69. The number of benzene rings is 2. The fourth-order valence-corrected chi connectivity index (χ4v) is 3.01. The van der Waals surface area contributed by atoms with Gasteiger partial charge in [-0.3, -0.25) is 10.1 Å². The summed E-state index contributed by atoms with van der Waals surface area (Å²) < 4.78 is 10.6. The molecule has 0 bridgehead atoms. The third-order valence-corrected chi connectivity index (χ3v) is 4.44. The summed E-state index contributed by atoms with van der Waals surface area (Å²) in [4.78, 5) is 35.2. The monoisotopic (exact) mass is 369 g/mol. The largest absolute Gasteiger partial charge is 0.459 e. The first-order chi connectivity index (χ1) is 13.0. The van der Waals surface area contributed by atoms with E-state index < -0.39 is 22.5 Å². The van der Waals surface area contributed by atoms with E-state index in [1.54, 1.807) is 24.3 Å². The molecule has 0 amide bonds. The van der Waals surface area contributed by atoms with Gasteiger partial charge in [-0.15, -0.1) is 0 Å². The van der Waals surface area contributed by atoms with E-state index in [0.717, 1.165) is 37.3 Å². The predicted octanol–water partition coefficient (Wildman–Crippen LogP) is 4.05. The Labute approximate surface area is 156 Å². The molecule has 0 unspecified atom stereocenters. The van der Waals surface area contributed by atoms with Crippen LogP contribution in [-0.4, -0.2) is 23.0 Å². The van der Waals surface area contributed by atoms with Crippen molar-refractivity contribution in [2.45, 2.75) is 38.4 Å². The average molecular weight is 369 g/mol. The number of carbonyl (C=O) groups excluding carboxylic acids is 2. The van der Waals surface area contributed by atoms with E-state index in [-0.39, 0.29) is 23.8 Å². The molecule has 7 nitrogen and oxygen atoms in total. The highest BCUT2D eigenvalue weighted by Gasteiger charge is 2.26. The van der Waals surface area contributed by atoms with Crippen molar-refractivity contribution < 1.29 is 24.0 Å². The van der Waals surface area contributed by atoms with Crippen molar-refractivity contribution in [1.29, 1.82) is 0 Å². The molecule has 1 saturated carbocycles. The van der Waals surface area contributed by atoms with Gasteiger partial charge < -0.3 is 9.47 Å². The summed E-state index contributed by atoms with van der Waals surface area (Å²) >= 11 is 0. The molecule has 3 rings (SSSR count). The molecule has 0 atom stereocenters. The van der Waals surface area contributed by atoms with Crippen LogP contribution >= 0.6 is 0 Å². The Morgan fingerprint density at radius 2 is 1.74 bits per heavy atom. The smallest absolute Gasteiger partial charge is 0.345 e. The lowest BCUT2D eigenvalue weighted by Gasteiger charge is -2.12. The maximum absolute atomic E-state index is 12.4. The van der Waals surface area contributed by atoms with Crippen LogP contribution in [-0.2, 0) is 16.1 Å². The molecule has 0 aliphatic heterocycles. The van der Waals surface area contributed by atoms with E-state index >= 15 is 0 Å². The Bertz CT molecular complexity index is 843. The molecule has 0 N–H and O–H groups in total. The first-order valence-corrected chi connectivity index (χ1v) is 8.75. The second-order valence-electron chi connectivity index (χ2n) is 6.36. The number of ether oxygens (including phenoxy) is 2. The summed E-state index contributed by atoms with van der Waals surface area (Å²) in [5, 5.41) is 11.2. The molecule has 0 saturated heterocycles. The van der Waals surface area contributed by atoms with E-state index in [0.29, 0.717) is 0 Å². The molecule has 0 spiro atoms. The second-order valence-corrected chi connectivity index (χ2v) is 6.36. The molecule has 2 aromatic rings. The van der Waals surface area contributed by atoms with Gasteiger partial charge in [0.25, 0.3) is 5.69 Å². The Balaban J connectivity index is 1.77. The van der Waals surface area contributed by atoms with Gasteiger partial charge in [0.1, 0.15) is 18.3 Å². The SMILES string of the molecule is O=C(OC1CCCC1)c1ccc([N+](=O)[O-])c(C(=O)OCc2ccccc2)c1. The van der Waals surface area contributed by atoms with Gasteiger partial charge in [0.2, 0.25) is 0 Å². The van der Waals surface area contributed by atoms with Crippen molar-refractivity contribution in [3.8, 4) is 0 Å². The zero-order chi connectivity index (χ0) is 19.2. The van der Waals surface area contributed by atoms with Gasteiger partial charge in [-0.05, 0) is 43.4 Å². The standard InChI is InChI=1S/C20H19NO6/c22-19(27-16-8-4-5-9-16)15-10-11-18(21(24)25)17(12-15)20(23)26-13-14-6-2-1-3-7-14/h1-3,6-7,10-12,16H,4-5,8-9,13H2. The van der Waals surface area contributed by atoms with Gasteiger partial charge in [-0.25, -0.2) is 9.59 Å². The second kappa shape index (κ2) is 8.44. The van der Waals surface area contributed by atoms with Gasteiger partial charge in [-0.2, -0.15) is 0 Å². The molecular formula is C20H19NO6. The van der Waals surface area contributed by atoms with Crippen molar-refractivity contribution >= 4 is 17.6 Å². The Morgan fingerprint density at radius 1 is 1.04 bits per heavy atom. The van der Waals surface area contributed by atoms with Gasteiger partial charge >= 0.3 is 11.9 Å². The third-order valence-electron chi connectivity index (χ3n) is 4.44. The number of hydrogen-bond acceptors (Lipinski definition) is 6. The highest BCUT2D eigenvalue weighted by Crippen LogP contribution is 2.25. The number of nitrogens with zero attached hydrogens (tertiary/aromatic N) is 1. The van der Waals surface area contributed by atoms with Crippen molar-refractivity contribution in [1.82, 2.24) is 0 Å². The van der Waals surface area contributed by atoms with E-state index in [9.17, 15) is 19.7 Å².